The first-order valence-corrected chi connectivity index (χ1v) is 7.35. The third kappa shape index (κ3) is 4.50. The van der Waals surface area contributed by atoms with Gasteiger partial charge < -0.3 is 4.90 Å². The lowest BCUT2D eigenvalue weighted by Crippen LogP contribution is -2.48. The molecule has 0 radical (unpaired) electrons. The Labute approximate surface area is 118 Å². The molecule has 0 N–H and O–H groups in total. The highest BCUT2D eigenvalue weighted by Crippen LogP contribution is 2.14. The number of nitrogens with zero attached hydrogens (tertiary/aromatic N) is 3. The molecule has 3 heteroatoms. The van der Waals surface area contributed by atoms with E-state index in [1.165, 1.54) is 0 Å². The van der Waals surface area contributed by atoms with E-state index in [0.717, 1.165) is 37.7 Å². The van der Waals surface area contributed by atoms with Crippen molar-refractivity contribution in [1.82, 2.24) is 9.80 Å². The lowest BCUT2D eigenvalue weighted by atomic mass is 10.1. The first-order chi connectivity index (χ1) is 8.99. The second kappa shape index (κ2) is 7.49. The highest BCUT2D eigenvalue weighted by atomic mass is 15.3. The zero-order chi connectivity index (χ0) is 14.4. The largest absolute Gasteiger partial charge is 0.354 e. The predicted molar refractivity (Wildman–Crippen MR) is 84.5 cm³/mol. The minimum absolute atomic E-state index is 0.421. The second-order valence-electron chi connectivity index (χ2n) is 5.66. The van der Waals surface area contributed by atoms with Crippen LogP contribution in [0, 0.1) is 5.92 Å². The summed E-state index contributed by atoms with van der Waals surface area (Å²) in [6.07, 6.45) is 3.98. The van der Waals surface area contributed by atoms with Crippen molar-refractivity contribution in [3.8, 4) is 0 Å². The van der Waals surface area contributed by atoms with Crippen molar-refractivity contribution in [2.45, 2.75) is 40.7 Å². The smallest absolute Gasteiger partial charge is 0.124 e. The Morgan fingerprint density at radius 3 is 2.05 bits per heavy atom. The summed E-state index contributed by atoms with van der Waals surface area (Å²) < 4.78 is 0. The fourth-order valence-electron chi connectivity index (χ4n) is 2.33. The molecule has 19 heavy (non-hydrogen) atoms. The van der Waals surface area contributed by atoms with Crippen molar-refractivity contribution in [1.29, 1.82) is 0 Å². The van der Waals surface area contributed by atoms with E-state index in [1.807, 2.05) is 6.08 Å². The Bertz CT molecular complexity index is 345. The third-order valence-corrected chi connectivity index (χ3v) is 3.67. The lowest BCUT2D eigenvalue weighted by molar-refractivity contribution is 0.129. The number of allylic oxidation sites excluding steroid dienone is 2. The minimum Gasteiger partial charge on any atom is -0.354 e. The summed E-state index contributed by atoms with van der Waals surface area (Å²) in [7, 11) is 0. The van der Waals surface area contributed by atoms with Crippen LogP contribution in [0.3, 0.4) is 0 Å². The molecule has 0 atom stereocenters. The molecule has 1 rings (SSSR count). The van der Waals surface area contributed by atoms with Crippen LogP contribution in [0.2, 0.25) is 0 Å². The number of aliphatic imine (C=N–C) groups is 1. The van der Waals surface area contributed by atoms with E-state index in [9.17, 15) is 0 Å². The quantitative estimate of drug-likeness (QED) is 0.710. The van der Waals surface area contributed by atoms with Gasteiger partial charge in [0.2, 0.25) is 0 Å². The Kier molecular flexibility index (Phi) is 6.29. The van der Waals surface area contributed by atoms with Gasteiger partial charge in [-0.15, -0.1) is 0 Å². The molecule has 0 aliphatic carbocycles. The summed E-state index contributed by atoms with van der Waals surface area (Å²) in [6.45, 7) is 19.1. The maximum Gasteiger partial charge on any atom is 0.124 e. The molecule has 0 spiro atoms. The molecule has 3 nitrogen and oxygen atoms in total. The maximum absolute atomic E-state index is 4.77. The van der Waals surface area contributed by atoms with E-state index >= 15 is 0 Å². The van der Waals surface area contributed by atoms with Crippen LogP contribution < -0.4 is 0 Å². The van der Waals surface area contributed by atoms with Crippen LogP contribution >= 0.6 is 0 Å². The molecule has 1 aliphatic rings. The van der Waals surface area contributed by atoms with E-state index in [0.29, 0.717) is 12.0 Å². The van der Waals surface area contributed by atoms with Crippen molar-refractivity contribution in [2.75, 3.05) is 26.2 Å². The Balaban J connectivity index is 2.71. The molecular weight excluding hydrogens is 234 g/mol. The first-order valence-electron chi connectivity index (χ1n) is 7.35. The van der Waals surface area contributed by atoms with Crippen molar-refractivity contribution >= 4 is 5.71 Å². The number of hydrogen-bond acceptors (Lipinski definition) is 3. The highest BCUT2D eigenvalue weighted by Gasteiger charge is 2.20. The standard InChI is InChI=1S/C16H29N3/c1-7-15(13(3)4)17-16(8-2)19-11-9-18(10-12-19)14(5)6/h7-8,13-14H,1,9-12H2,2-6H3/b16-8+,17-15?. The van der Waals surface area contributed by atoms with E-state index < -0.39 is 0 Å². The SMILES string of the molecule is C=CC(=N/C(=C\C)N1CCN(C(C)C)CC1)C(C)C. The first kappa shape index (κ1) is 16.0. The molecule has 1 aliphatic heterocycles. The zero-order valence-corrected chi connectivity index (χ0v) is 13.2. The van der Waals surface area contributed by atoms with Gasteiger partial charge in [0.25, 0.3) is 0 Å². The molecule has 0 unspecified atom stereocenters. The van der Waals surface area contributed by atoms with Crippen molar-refractivity contribution in [3.63, 3.8) is 0 Å². The summed E-state index contributed by atoms with van der Waals surface area (Å²) in [5, 5.41) is 0. The van der Waals surface area contributed by atoms with Crippen molar-refractivity contribution in [2.24, 2.45) is 10.9 Å². The average Bonchev–Trinajstić information content (AvgIpc) is 2.40. The monoisotopic (exact) mass is 263 g/mol. The fourth-order valence-corrected chi connectivity index (χ4v) is 2.33. The summed E-state index contributed by atoms with van der Waals surface area (Å²) in [5.41, 5.74) is 1.07. The Morgan fingerprint density at radius 2 is 1.68 bits per heavy atom. The van der Waals surface area contributed by atoms with Crippen LogP contribution in [0.5, 0.6) is 0 Å². The minimum atomic E-state index is 0.421. The van der Waals surface area contributed by atoms with Crippen LogP contribution in [0.1, 0.15) is 34.6 Å². The average molecular weight is 263 g/mol. The number of piperazine rings is 1. The van der Waals surface area contributed by atoms with Gasteiger partial charge in [-0.05, 0) is 38.8 Å². The van der Waals surface area contributed by atoms with Gasteiger partial charge in [0.1, 0.15) is 5.82 Å². The van der Waals surface area contributed by atoms with Gasteiger partial charge in [-0.1, -0.05) is 20.4 Å². The van der Waals surface area contributed by atoms with Gasteiger partial charge >= 0.3 is 0 Å². The molecule has 0 saturated carbocycles. The normalized spacial score (nSPS) is 19.4. The molecule has 0 amide bonds. The lowest BCUT2D eigenvalue weighted by Gasteiger charge is -2.38. The molecule has 108 valence electrons. The highest BCUT2D eigenvalue weighted by molar-refractivity contribution is 5.96. The molecule has 1 fully saturated rings. The topological polar surface area (TPSA) is 18.8 Å². The van der Waals surface area contributed by atoms with Gasteiger partial charge in [0.05, 0.1) is 0 Å². The van der Waals surface area contributed by atoms with Gasteiger partial charge in [-0.25, -0.2) is 4.99 Å². The number of rotatable bonds is 5. The van der Waals surface area contributed by atoms with Crippen LogP contribution in [-0.2, 0) is 0 Å². The van der Waals surface area contributed by atoms with Crippen molar-refractivity contribution in [3.05, 3.63) is 24.6 Å². The molecular formula is C16H29N3. The summed E-state index contributed by atoms with van der Waals surface area (Å²) in [5.74, 6) is 1.51. The number of hydrogen-bond donors (Lipinski definition) is 0. The van der Waals surface area contributed by atoms with E-state index in [2.05, 4.69) is 57.1 Å². The maximum atomic E-state index is 4.77. The van der Waals surface area contributed by atoms with Gasteiger partial charge in [-0.3, -0.25) is 4.90 Å². The molecule has 1 heterocycles. The summed E-state index contributed by atoms with van der Waals surface area (Å²) >= 11 is 0. The molecule has 0 aromatic rings. The Hall–Kier alpha value is -1.09. The summed E-state index contributed by atoms with van der Waals surface area (Å²) in [4.78, 5) is 9.67. The van der Waals surface area contributed by atoms with E-state index in [1.54, 1.807) is 0 Å². The van der Waals surface area contributed by atoms with Gasteiger partial charge in [-0.2, -0.15) is 0 Å². The third-order valence-electron chi connectivity index (χ3n) is 3.67. The predicted octanol–water partition coefficient (Wildman–Crippen LogP) is 3.16. The van der Waals surface area contributed by atoms with E-state index in [-0.39, 0.29) is 0 Å². The van der Waals surface area contributed by atoms with Gasteiger partial charge in [0, 0.05) is 37.9 Å². The van der Waals surface area contributed by atoms with Crippen LogP contribution in [0.4, 0.5) is 0 Å². The Morgan fingerprint density at radius 1 is 1.11 bits per heavy atom. The summed E-state index contributed by atoms with van der Waals surface area (Å²) in [6, 6.07) is 0.638. The molecule has 0 bridgehead atoms. The fraction of sp³-hybridized carbons (Fsp3) is 0.688. The van der Waals surface area contributed by atoms with Crippen LogP contribution in [0.25, 0.3) is 0 Å². The van der Waals surface area contributed by atoms with E-state index in [4.69, 9.17) is 4.99 Å². The van der Waals surface area contributed by atoms with Crippen molar-refractivity contribution < 1.29 is 0 Å². The van der Waals surface area contributed by atoms with Crippen LogP contribution in [-0.4, -0.2) is 47.7 Å². The van der Waals surface area contributed by atoms with Gasteiger partial charge in [0.15, 0.2) is 0 Å². The molecule has 0 aromatic carbocycles. The molecule has 1 saturated heterocycles. The molecule has 0 aromatic heterocycles. The second-order valence-corrected chi connectivity index (χ2v) is 5.66. The van der Waals surface area contributed by atoms with Crippen LogP contribution in [0.15, 0.2) is 29.5 Å². The zero-order valence-electron chi connectivity index (χ0n) is 13.2.